The summed E-state index contributed by atoms with van der Waals surface area (Å²) in [6.07, 6.45) is 2.81. The number of para-hydroxylation sites is 1. The first-order valence-electron chi connectivity index (χ1n) is 12.4. The number of carbonyl (C=O) groups excluding carboxylic acids is 2. The number of ether oxygens (including phenoxy) is 2. The molecule has 4 rings (SSSR count). The first kappa shape index (κ1) is 27.1. The number of anilines is 1. The molecule has 0 bridgehead atoms. The lowest BCUT2D eigenvalue weighted by atomic mass is 10.0. The number of carbonyl (C=O) groups is 2. The number of benzene rings is 2. The van der Waals surface area contributed by atoms with Crippen LogP contribution in [0.15, 0.2) is 54.7 Å². The quantitative estimate of drug-likeness (QED) is 0.467. The van der Waals surface area contributed by atoms with Crippen molar-refractivity contribution in [2.75, 3.05) is 31.1 Å². The van der Waals surface area contributed by atoms with Gasteiger partial charge in [-0.1, -0.05) is 42.5 Å². The van der Waals surface area contributed by atoms with E-state index in [2.05, 4.69) is 63.3 Å². The minimum absolute atomic E-state index is 0.222. The lowest BCUT2D eigenvalue weighted by molar-refractivity contribution is -0.138. The van der Waals surface area contributed by atoms with Crippen LogP contribution >= 0.6 is 0 Å². The molecule has 1 saturated heterocycles. The summed E-state index contributed by atoms with van der Waals surface area (Å²) in [5.74, 6) is 0. The van der Waals surface area contributed by atoms with Crippen molar-refractivity contribution in [2.24, 2.45) is 0 Å². The van der Waals surface area contributed by atoms with Gasteiger partial charge in [-0.3, -0.25) is 4.79 Å². The van der Waals surface area contributed by atoms with E-state index < -0.39 is 5.60 Å². The molecule has 1 aliphatic rings. The summed E-state index contributed by atoms with van der Waals surface area (Å²) in [4.78, 5) is 29.6. The van der Waals surface area contributed by atoms with Gasteiger partial charge in [0.25, 0.3) is 6.47 Å². The largest absolute Gasteiger partial charge is 0.462 e. The third kappa shape index (κ3) is 7.77. The number of amides is 1. The molecule has 194 valence electrons. The number of nitrogens with zero attached hydrogens (tertiary/aromatic N) is 2. The molecule has 0 radical (unpaired) electrons. The number of piperazine rings is 1. The molecule has 0 unspecified atom stereocenters. The van der Waals surface area contributed by atoms with Crippen LogP contribution in [0.2, 0.25) is 0 Å². The van der Waals surface area contributed by atoms with E-state index in [1.807, 2.05) is 47.6 Å². The summed E-state index contributed by atoms with van der Waals surface area (Å²) < 4.78 is 10.1. The van der Waals surface area contributed by atoms with Crippen LogP contribution in [-0.2, 0) is 20.7 Å². The average Bonchev–Trinajstić information content (AvgIpc) is 3.21. The molecule has 7 nitrogen and oxygen atoms in total. The molecule has 1 aromatic heterocycles. The van der Waals surface area contributed by atoms with Gasteiger partial charge in [-0.15, -0.1) is 0 Å². The highest BCUT2D eigenvalue weighted by atomic mass is 16.6. The fraction of sp³-hybridized carbons (Fsp3) is 0.448. The van der Waals surface area contributed by atoms with Gasteiger partial charge in [-0.25, -0.2) is 4.79 Å². The van der Waals surface area contributed by atoms with Crippen LogP contribution in [0, 0.1) is 0 Å². The average molecular weight is 494 g/mol. The predicted molar refractivity (Wildman–Crippen MR) is 144 cm³/mol. The van der Waals surface area contributed by atoms with Crippen LogP contribution in [-0.4, -0.2) is 59.8 Å². The molecule has 1 fully saturated rings. The Bertz CT molecular complexity index is 1130. The fourth-order valence-electron chi connectivity index (χ4n) is 4.02. The Morgan fingerprint density at radius 2 is 1.58 bits per heavy atom. The van der Waals surface area contributed by atoms with Crippen LogP contribution in [0.3, 0.4) is 0 Å². The summed E-state index contributed by atoms with van der Waals surface area (Å²) in [5.41, 5.74) is 4.21. The summed E-state index contributed by atoms with van der Waals surface area (Å²) in [5, 5.41) is 1.26. The van der Waals surface area contributed by atoms with Crippen LogP contribution in [0.4, 0.5) is 10.5 Å². The summed E-state index contributed by atoms with van der Waals surface area (Å²) >= 11 is 0. The second kappa shape index (κ2) is 11.5. The van der Waals surface area contributed by atoms with E-state index in [0.29, 0.717) is 19.6 Å². The highest BCUT2D eigenvalue weighted by Crippen LogP contribution is 2.30. The lowest BCUT2D eigenvalue weighted by Gasteiger charge is -2.37. The maximum atomic E-state index is 12.3. The number of fused-ring (bicyclic) bond motifs is 1. The van der Waals surface area contributed by atoms with Crippen molar-refractivity contribution in [1.29, 1.82) is 0 Å². The van der Waals surface area contributed by atoms with E-state index in [4.69, 9.17) is 4.74 Å². The minimum Gasteiger partial charge on any atom is -0.462 e. The van der Waals surface area contributed by atoms with Crippen molar-refractivity contribution in [2.45, 2.75) is 59.2 Å². The summed E-state index contributed by atoms with van der Waals surface area (Å²) in [6.45, 7) is 14.6. The molecule has 2 heterocycles. The monoisotopic (exact) mass is 493 g/mol. The third-order valence-electron chi connectivity index (χ3n) is 5.69. The normalized spacial score (nSPS) is 14.2. The number of aromatic nitrogens is 1. The molecule has 7 heteroatoms. The molecule has 1 N–H and O–H groups in total. The lowest BCUT2D eigenvalue weighted by Crippen LogP contribution is -2.50. The zero-order valence-electron chi connectivity index (χ0n) is 22.3. The van der Waals surface area contributed by atoms with Crippen molar-refractivity contribution in [3.05, 3.63) is 65.9 Å². The number of aromatic amines is 1. The Kier molecular flexibility index (Phi) is 8.66. The maximum absolute atomic E-state index is 12.3. The van der Waals surface area contributed by atoms with Gasteiger partial charge in [0, 0.05) is 37.8 Å². The number of hydrogen-bond donors (Lipinski definition) is 1. The molecule has 0 atom stereocenters. The van der Waals surface area contributed by atoms with Gasteiger partial charge < -0.3 is 24.3 Å². The Labute approximate surface area is 214 Å². The van der Waals surface area contributed by atoms with Gasteiger partial charge in [0.15, 0.2) is 0 Å². The van der Waals surface area contributed by atoms with E-state index in [-0.39, 0.29) is 11.7 Å². The van der Waals surface area contributed by atoms with Crippen molar-refractivity contribution >= 4 is 29.2 Å². The van der Waals surface area contributed by atoms with E-state index in [0.717, 1.165) is 19.5 Å². The smallest absolute Gasteiger partial charge is 0.410 e. The van der Waals surface area contributed by atoms with E-state index in [1.54, 1.807) is 4.90 Å². The van der Waals surface area contributed by atoms with Gasteiger partial charge in [0.05, 0.1) is 11.2 Å². The van der Waals surface area contributed by atoms with Crippen LogP contribution in [0.5, 0.6) is 0 Å². The van der Waals surface area contributed by atoms with Gasteiger partial charge in [0.1, 0.15) is 11.2 Å². The highest BCUT2D eigenvalue weighted by Gasteiger charge is 2.26. The molecule has 0 saturated carbocycles. The van der Waals surface area contributed by atoms with Gasteiger partial charge >= 0.3 is 6.09 Å². The minimum atomic E-state index is -0.459. The van der Waals surface area contributed by atoms with E-state index >= 15 is 0 Å². The standard InChI is InChI=1S/C24H29N3O2.C5H10O2/c1-24(2,3)29-23(28)27-14-12-26(13-15-27)21-11-7-10-20-19(17-25-22(20)21)16-18-8-5-4-6-9-18;1-5(2,3)7-4-6/h4-11,17,25H,12-16H2,1-3H3;4H,1-3H3. The number of H-pyrrole nitrogens is 1. The fourth-order valence-corrected chi connectivity index (χ4v) is 4.02. The third-order valence-corrected chi connectivity index (χ3v) is 5.69. The second-order valence-corrected chi connectivity index (χ2v) is 11.0. The Balaban J connectivity index is 0.000000454. The van der Waals surface area contributed by atoms with Gasteiger partial charge in [-0.05, 0) is 65.2 Å². The summed E-state index contributed by atoms with van der Waals surface area (Å²) in [7, 11) is 0. The number of hydrogen-bond acceptors (Lipinski definition) is 5. The van der Waals surface area contributed by atoms with Crippen molar-refractivity contribution in [1.82, 2.24) is 9.88 Å². The predicted octanol–water partition coefficient (Wildman–Crippen LogP) is 5.77. The first-order valence-corrected chi connectivity index (χ1v) is 12.4. The Morgan fingerprint density at radius 3 is 2.14 bits per heavy atom. The first-order chi connectivity index (χ1) is 17.0. The van der Waals surface area contributed by atoms with E-state index in [9.17, 15) is 9.59 Å². The molecule has 1 aliphatic heterocycles. The Hall–Kier alpha value is -3.48. The molecular weight excluding hydrogens is 454 g/mol. The van der Waals surface area contributed by atoms with Crippen LogP contribution in [0.1, 0.15) is 52.7 Å². The van der Waals surface area contributed by atoms with Crippen LogP contribution in [0.25, 0.3) is 10.9 Å². The van der Waals surface area contributed by atoms with Crippen molar-refractivity contribution in [3.63, 3.8) is 0 Å². The van der Waals surface area contributed by atoms with Crippen molar-refractivity contribution < 1.29 is 19.1 Å². The van der Waals surface area contributed by atoms with Gasteiger partial charge in [0.2, 0.25) is 0 Å². The highest BCUT2D eigenvalue weighted by molar-refractivity contribution is 5.94. The van der Waals surface area contributed by atoms with Gasteiger partial charge in [-0.2, -0.15) is 0 Å². The molecule has 3 aromatic rings. The molecule has 0 aliphatic carbocycles. The molecular formula is C29H39N3O4. The zero-order valence-corrected chi connectivity index (χ0v) is 22.3. The summed E-state index contributed by atoms with van der Waals surface area (Å²) in [6, 6.07) is 17.0. The number of nitrogens with one attached hydrogen (secondary N) is 1. The topological polar surface area (TPSA) is 74.9 Å². The zero-order chi connectivity index (χ0) is 26.3. The molecule has 36 heavy (non-hydrogen) atoms. The molecule has 1 amide bonds. The number of rotatable bonds is 4. The van der Waals surface area contributed by atoms with Crippen molar-refractivity contribution in [3.8, 4) is 0 Å². The van der Waals surface area contributed by atoms with Crippen LogP contribution < -0.4 is 4.90 Å². The SMILES string of the molecule is CC(C)(C)OC(=O)N1CCN(c2cccc3c(Cc4ccccc4)c[nH]c23)CC1.CC(C)(C)OC=O. The maximum Gasteiger partial charge on any atom is 0.410 e. The second-order valence-electron chi connectivity index (χ2n) is 11.0. The molecule has 0 spiro atoms. The molecule has 2 aromatic carbocycles. The Morgan fingerprint density at radius 1 is 0.917 bits per heavy atom. The van der Waals surface area contributed by atoms with E-state index in [1.165, 1.54) is 27.7 Å².